The Morgan fingerprint density at radius 1 is 0.893 bits per heavy atom. The number of rotatable bonds is 5. The molecule has 0 saturated heterocycles. The van der Waals surface area contributed by atoms with E-state index in [1.54, 1.807) is 42.5 Å². The SMILES string of the molecule is Cc1ccc(NS(=O)(=O)c2ccc(NC(=O)c3cccc(Cl)c3)cc2)cc1Cl. The molecule has 0 aliphatic carbocycles. The van der Waals surface area contributed by atoms with Crippen molar-refractivity contribution in [1.82, 2.24) is 0 Å². The Labute approximate surface area is 173 Å². The fourth-order valence-corrected chi connectivity index (χ4v) is 3.84. The van der Waals surface area contributed by atoms with Crippen LogP contribution in [0.15, 0.2) is 71.6 Å². The molecule has 0 aromatic heterocycles. The highest BCUT2D eigenvalue weighted by atomic mass is 35.5. The van der Waals surface area contributed by atoms with Gasteiger partial charge in [0.2, 0.25) is 0 Å². The van der Waals surface area contributed by atoms with Crippen molar-refractivity contribution in [3.8, 4) is 0 Å². The molecule has 0 bridgehead atoms. The number of benzene rings is 3. The Bertz CT molecular complexity index is 1130. The molecule has 0 radical (unpaired) electrons. The van der Waals surface area contributed by atoms with Crippen molar-refractivity contribution in [2.24, 2.45) is 0 Å². The van der Waals surface area contributed by atoms with E-state index in [1.807, 2.05) is 6.92 Å². The molecule has 28 heavy (non-hydrogen) atoms. The van der Waals surface area contributed by atoms with Crippen molar-refractivity contribution in [1.29, 1.82) is 0 Å². The van der Waals surface area contributed by atoms with Gasteiger partial charge in [-0.3, -0.25) is 9.52 Å². The summed E-state index contributed by atoms with van der Waals surface area (Å²) in [5.41, 5.74) is 2.09. The van der Waals surface area contributed by atoms with Crippen molar-refractivity contribution in [2.45, 2.75) is 11.8 Å². The van der Waals surface area contributed by atoms with Gasteiger partial charge < -0.3 is 5.32 Å². The van der Waals surface area contributed by atoms with Crippen LogP contribution in [0.3, 0.4) is 0 Å². The minimum absolute atomic E-state index is 0.0601. The maximum absolute atomic E-state index is 12.5. The molecule has 2 N–H and O–H groups in total. The Kier molecular flexibility index (Phi) is 5.93. The first-order chi connectivity index (χ1) is 13.2. The lowest BCUT2D eigenvalue weighted by molar-refractivity contribution is 0.102. The average Bonchev–Trinajstić information content (AvgIpc) is 2.65. The van der Waals surface area contributed by atoms with Crippen LogP contribution in [0.25, 0.3) is 0 Å². The normalized spacial score (nSPS) is 11.1. The van der Waals surface area contributed by atoms with Crippen molar-refractivity contribution in [2.75, 3.05) is 10.0 Å². The van der Waals surface area contributed by atoms with Crippen molar-refractivity contribution < 1.29 is 13.2 Å². The van der Waals surface area contributed by atoms with Crippen LogP contribution >= 0.6 is 23.2 Å². The van der Waals surface area contributed by atoms with Gasteiger partial charge in [0.1, 0.15) is 0 Å². The summed E-state index contributed by atoms with van der Waals surface area (Å²) in [5, 5.41) is 3.62. The molecule has 0 aliphatic rings. The van der Waals surface area contributed by atoms with Crippen LogP contribution in [-0.4, -0.2) is 14.3 Å². The molecule has 0 heterocycles. The van der Waals surface area contributed by atoms with E-state index in [0.717, 1.165) is 5.56 Å². The van der Waals surface area contributed by atoms with Crippen LogP contribution in [0.4, 0.5) is 11.4 Å². The van der Waals surface area contributed by atoms with Crippen molar-refractivity contribution in [3.63, 3.8) is 0 Å². The van der Waals surface area contributed by atoms with Gasteiger partial charge in [0.05, 0.1) is 10.6 Å². The minimum atomic E-state index is -3.78. The first kappa shape index (κ1) is 20.2. The van der Waals surface area contributed by atoms with Gasteiger partial charge in [-0.25, -0.2) is 8.42 Å². The molecule has 8 heteroatoms. The number of carbonyl (C=O) groups excluding carboxylic acids is 1. The lowest BCUT2D eigenvalue weighted by Gasteiger charge is -2.10. The number of hydrogen-bond donors (Lipinski definition) is 2. The summed E-state index contributed by atoms with van der Waals surface area (Å²) < 4.78 is 27.5. The van der Waals surface area contributed by atoms with Gasteiger partial charge >= 0.3 is 0 Å². The third-order valence-electron chi connectivity index (χ3n) is 3.93. The average molecular weight is 435 g/mol. The second kappa shape index (κ2) is 8.22. The maximum atomic E-state index is 12.5. The molecule has 0 spiro atoms. The predicted octanol–water partition coefficient (Wildman–Crippen LogP) is 5.35. The Balaban J connectivity index is 1.74. The largest absolute Gasteiger partial charge is 0.322 e. The Morgan fingerprint density at radius 2 is 1.57 bits per heavy atom. The summed E-state index contributed by atoms with van der Waals surface area (Å²) in [5.74, 6) is -0.342. The van der Waals surface area contributed by atoms with Gasteiger partial charge in [0.15, 0.2) is 0 Å². The number of nitrogens with one attached hydrogen (secondary N) is 2. The molecular weight excluding hydrogens is 419 g/mol. The van der Waals surface area contributed by atoms with Gasteiger partial charge in [-0.1, -0.05) is 35.3 Å². The van der Waals surface area contributed by atoms with Gasteiger partial charge in [0, 0.05) is 21.3 Å². The van der Waals surface area contributed by atoms with E-state index in [0.29, 0.717) is 27.0 Å². The van der Waals surface area contributed by atoms with Crippen LogP contribution in [0.2, 0.25) is 10.0 Å². The third-order valence-corrected chi connectivity index (χ3v) is 5.97. The molecular formula is C20H16Cl2N2O3S. The van der Waals surface area contributed by atoms with E-state index in [4.69, 9.17) is 23.2 Å². The summed E-state index contributed by atoms with van der Waals surface area (Å²) in [6.45, 7) is 1.83. The molecule has 0 aliphatic heterocycles. The van der Waals surface area contributed by atoms with E-state index in [2.05, 4.69) is 10.0 Å². The molecule has 0 saturated carbocycles. The zero-order valence-electron chi connectivity index (χ0n) is 14.7. The van der Waals surface area contributed by atoms with Crippen LogP contribution in [-0.2, 0) is 10.0 Å². The zero-order chi connectivity index (χ0) is 20.3. The molecule has 1 amide bonds. The quantitative estimate of drug-likeness (QED) is 0.567. The van der Waals surface area contributed by atoms with Gasteiger partial charge in [-0.15, -0.1) is 0 Å². The smallest absolute Gasteiger partial charge is 0.261 e. The molecule has 3 aromatic rings. The second-order valence-corrected chi connectivity index (χ2v) is 8.58. The lowest BCUT2D eigenvalue weighted by Crippen LogP contribution is -2.14. The fourth-order valence-electron chi connectivity index (χ4n) is 2.42. The zero-order valence-corrected chi connectivity index (χ0v) is 17.1. The maximum Gasteiger partial charge on any atom is 0.261 e. The van der Waals surface area contributed by atoms with Crippen LogP contribution in [0.5, 0.6) is 0 Å². The number of hydrogen-bond acceptors (Lipinski definition) is 3. The molecule has 0 fully saturated rings. The predicted molar refractivity (Wildman–Crippen MR) is 113 cm³/mol. The van der Waals surface area contributed by atoms with Gasteiger partial charge in [0.25, 0.3) is 15.9 Å². The summed E-state index contributed by atoms with van der Waals surface area (Å²) >= 11 is 11.9. The highest BCUT2D eigenvalue weighted by molar-refractivity contribution is 7.92. The summed E-state index contributed by atoms with van der Waals surface area (Å²) in [7, 11) is -3.78. The van der Waals surface area contributed by atoms with Gasteiger partial charge in [-0.05, 0) is 67.1 Å². The topological polar surface area (TPSA) is 75.3 Å². The van der Waals surface area contributed by atoms with Crippen molar-refractivity contribution >= 4 is 50.5 Å². The minimum Gasteiger partial charge on any atom is -0.322 e. The first-order valence-electron chi connectivity index (χ1n) is 8.20. The monoisotopic (exact) mass is 434 g/mol. The van der Waals surface area contributed by atoms with Crippen LogP contribution in [0.1, 0.15) is 15.9 Å². The van der Waals surface area contributed by atoms with E-state index in [1.165, 1.54) is 24.3 Å². The van der Waals surface area contributed by atoms with E-state index in [-0.39, 0.29) is 10.8 Å². The van der Waals surface area contributed by atoms with Crippen molar-refractivity contribution in [3.05, 3.63) is 87.9 Å². The van der Waals surface area contributed by atoms with Gasteiger partial charge in [-0.2, -0.15) is 0 Å². The summed E-state index contributed by atoms with van der Waals surface area (Å²) in [6.07, 6.45) is 0. The third kappa shape index (κ3) is 4.84. The Morgan fingerprint density at radius 3 is 2.21 bits per heavy atom. The van der Waals surface area contributed by atoms with E-state index in [9.17, 15) is 13.2 Å². The molecule has 5 nitrogen and oxygen atoms in total. The molecule has 3 rings (SSSR count). The number of halogens is 2. The number of amides is 1. The highest BCUT2D eigenvalue weighted by Gasteiger charge is 2.15. The number of aryl methyl sites for hydroxylation is 1. The van der Waals surface area contributed by atoms with E-state index < -0.39 is 10.0 Å². The summed E-state index contributed by atoms with van der Waals surface area (Å²) in [6, 6.07) is 17.3. The fraction of sp³-hybridized carbons (Fsp3) is 0.0500. The first-order valence-corrected chi connectivity index (χ1v) is 10.4. The molecule has 0 unspecified atom stereocenters. The number of sulfonamides is 1. The Hall–Kier alpha value is -2.54. The van der Waals surface area contributed by atoms with E-state index >= 15 is 0 Å². The summed E-state index contributed by atoms with van der Waals surface area (Å²) in [4.78, 5) is 12.3. The molecule has 144 valence electrons. The standard InChI is InChI=1S/C20H16Cl2N2O3S/c1-13-5-6-17(12-19(13)22)24-28(26,27)18-9-7-16(8-10-18)23-20(25)14-3-2-4-15(21)11-14/h2-12,24H,1H3,(H,23,25). The highest BCUT2D eigenvalue weighted by Crippen LogP contribution is 2.23. The number of carbonyl (C=O) groups is 1. The lowest BCUT2D eigenvalue weighted by atomic mass is 10.2. The molecule has 0 atom stereocenters. The van der Waals surface area contributed by atoms with Crippen LogP contribution in [0, 0.1) is 6.92 Å². The number of anilines is 2. The molecule has 3 aromatic carbocycles. The van der Waals surface area contributed by atoms with Crippen LogP contribution < -0.4 is 10.0 Å². The second-order valence-electron chi connectivity index (χ2n) is 6.06.